The molecule has 0 aliphatic heterocycles. The second-order valence-electron chi connectivity index (χ2n) is 4.24. The van der Waals surface area contributed by atoms with E-state index in [-0.39, 0.29) is 6.61 Å². The fourth-order valence-electron chi connectivity index (χ4n) is 1.72. The maximum atomic E-state index is 5.61. The highest BCUT2D eigenvalue weighted by Gasteiger charge is 2.08. The summed E-state index contributed by atoms with van der Waals surface area (Å²) in [5, 5.41) is 3.89. The zero-order valence-corrected chi connectivity index (χ0v) is 10.7. The molecule has 3 aromatic rings. The number of hydrogen-bond acceptors (Lipinski definition) is 5. The summed E-state index contributed by atoms with van der Waals surface area (Å²) in [4.78, 5) is 4.29. The van der Waals surface area contributed by atoms with Crippen LogP contribution in [0.4, 0.5) is 5.69 Å². The van der Waals surface area contributed by atoms with Gasteiger partial charge in [0.05, 0.1) is 0 Å². The van der Waals surface area contributed by atoms with Gasteiger partial charge >= 0.3 is 0 Å². The third-order valence-corrected chi connectivity index (χ3v) is 2.74. The number of rotatable bonds is 4. The van der Waals surface area contributed by atoms with Gasteiger partial charge in [-0.25, -0.2) is 0 Å². The lowest BCUT2D eigenvalue weighted by atomic mass is 10.2. The van der Waals surface area contributed by atoms with E-state index in [0.29, 0.717) is 23.2 Å². The normalized spacial score (nSPS) is 10.4. The van der Waals surface area contributed by atoms with Gasteiger partial charge in [-0.1, -0.05) is 23.4 Å². The molecular weight excluding hydrogens is 254 g/mol. The number of benzene rings is 2. The molecule has 0 aliphatic carbocycles. The Kier molecular flexibility index (Phi) is 3.33. The Hall–Kier alpha value is -2.82. The SMILES string of the molecule is Nc1ccc(OCc2noc(-c3ccccc3)n2)cc1. The molecule has 5 nitrogen and oxygen atoms in total. The van der Waals surface area contributed by atoms with E-state index in [1.54, 1.807) is 24.3 Å². The largest absolute Gasteiger partial charge is 0.485 e. The van der Waals surface area contributed by atoms with Gasteiger partial charge in [-0.2, -0.15) is 4.98 Å². The zero-order valence-electron chi connectivity index (χ0n) is 10.7. The van der Waals surface area contributed by atoms with E-state index >= 15 is 0 Å². The number of nitrogens with two attached hydrogens (primary N) is 1. The standard InChI is InChI=1S/C15H13N3O2/c16-12-6-8-13(9-7-12)19-10-14-17-15(20-18-14)11-4-2-1-3-5-11/h1-9H,10,16H2. The van der Waals surface area contributed by atoms with E-state index in [1.807, 2.05) is 30.3 Å². The smallest absolute Gasteiger partial charge is 0.258 e. The summed E-state index contributed by atoms with van der Waals surface area (Å²) < 4.78 is 10.8. The molecule has 100 valence electrons. The molecule has 3 rings (SSSR count). The van der Waals surface area contributed by atoms with Gasteiger partial charge < -0.3 is 15.0 Å². The first-order valence-corrected chi connectivity index (χ1v) is 6.17. The molecule has 0 amide bonds. The van der Waals surface area contributed by atoms with Gasteiger partial charge in [0, 0.05) is 11.3 Å². The summed E-state index contributed by atoms with van der Waals surface area (Å²) in [6.45, 7) is 0.250. The Morgan fingerprint density at radius 2 is 1.75 bits per heavy atom. The van der Waals surface area contributed by atoms with E-state index in [9.17, 15) is 0 Å². The maximum Gasteiger partial charge on any atom is 0.258 e. The monoisotopic (exact) mass is 267 g/mol. The van der Waals surface area contributed by atoms with Crippen LogP contribution in [0.2, 0.25) is 0 Å². The molecule has 1 heterocycles. The Morgan fingerprint density at radius 3 is 2.50 bits per heavy atom. The molecular formula is C15H13N3O2. The molecule has 5 heteroatoms. The molecule has 1 aromatic heterocycles. The van der Waals surface area contributed by atoms with Gasteiger partial charge in [0.1, 0.15) is 5.75 Å². The number of nitrogens with zero attached hydrogens (tertiary/aromatic N) is 2. The Bertz CT molecular complexity index is 678. The summed E-state index contributed by atoms with van der Waals surface area (Å²) >= 11 is 0. The van der Waals surface area contributed by atoms with Crippen LogP contribution in [0.5, 0.6) is 5.75 Å². The molecule has 0 unspecified atom stereocenters. The minimum atomic E-state index is 0.250. The van der Waals surface area contributed by atoms with Crippen molar-refractivity contribution in [1.82, 2.24) is 10.1 Å². The van der Waals surface area contributed by atoms with E-state index in [0.717, 1.165) is 5.56 Å². The lowest BCUT2D eigenvalue weighted by Gasteiger charge is -2.02. The van der Waals surface area contributed by atoms with Crippen molar-refractivity contribution in [2.24, 2.45) is 0 Å². The van der Waals surface area contributed by atoms with Gasteiger partial charge in [-0.05, 0) is 36.4 Å². The summed E-state index contributed by atoms with van der Waals surface area (Å²) in [6.07, 6.45) is 0. The molecule has 0 saturated carbocycles. The van der Waals surface area contributed by atoms with Crippen molar-refractivity contribution in [2.75, 3.05) is 5.73 Å². The third kappa shape index (κ3) is 2.77. The van der Waals surface area contributed by atoms with Crippen LogP contribution in [0.1, 0.15) is 5.82 Å². The molecule has 0 saturated heterocycles. The van der Waals surface area contributed by atoms with Crippen LogP contribution in [0.15, 0.2) is 59.1 Å². The summed E-state index contributed by atoms with van der Waals surface area (Å²) in [5.74, 6) is 1.70. The first kappa shape index (κ1) is 12.2. The van der Waals surface area contributed by atoms with Crippen molar-refractivity contribution in [2.45, 2.75) is 6.61 Å². The van der Waals surface area contributed by atoms with Crippen LogP contribution in [-0.4, -0.2) is 10.1 Å². The van der Waals surface area contributed by atoms with Crippen molar-refractivity contribution in [3.63, 3.8) is 0 Å². The topological polar surface area (TPSA) is 74.2 Å². The van der Waals surface area contributed by atoms with Crippen molar-refractivity contribution in [3.8, 4) is 17.2 Å². The zero-order chi connectivity index (χ0) is 13.8. The number of aromatic nitrogens is 2. The molecule has 0 atom stereocenters. The fourth-order valence-corrected chi connectivity index (χ4v) is 1.72. The number of hydrogen-bond donors (Lipinski definition) is 1. The molecule has 0 bridgehead atoms. The Labute approximate surface area is 116 Å². The van der Waals surface area contributed by atoms with Gasteiger partial charge in [-0.15, -0.1) is 0 Å². The average Bonchev–Trinajstić information content (AvgIpc) is 2.97. The first-order chi connectivity index (χ1) is 9.81. The van der Waals surface area contributed by atoms with Crippen molar-refractivity contribution in [1.29, 1.82) is 0 Å². The van der Waals surface area contributed by atoms with Gasteiger partial charge in [-0.3, -0.25) is 0 Å². The number of nitrogen functional groups attached to an aromatic ring is 1. The second-order valence-corrected chi connectivity index (χ2v) is 4.24. The van der Waals surface area contributed by atoms with Crippen LogP contribution in [-0.2, 0) is 6.61 Å². The van der Waals surface area contributed by atoms with Crippen LogP contribution < -0.4 is 10.5 Å². The number of ether oxygens (including phenoxy) is 1. The van der Waals surface area contributed by atoms with E-state index < -0.39 is 0 Å². The van der Waals surface area contributed by atoms with Crippen molar-refractivity contribution < 1.29 is 9.26 Å². The number of anilines is 1. The highest BCUT2D eigenvalue weighted by Crippen LogP contribution is 2.18. The molecule has 0 aliphatic rings. The summed E-state index contributed by atoms with van der Waals surface area (Å²) in [7, 11) is 0. The Balaban J connectivity index is 1.67. The highest BCUT2D eigenvalue weighted by atomic mass is 16.5. The predicted molar refractivity (Wildman–Crippen MR) is 74.9 cm³/mol. The quantitative estimate of drug-likeness (QED) is 0.736. The molecule has 0 radical (unpaired) electrons. The van der Waals surface area contributed by atoms with E-state index in [2.05, 4.69) is 10.1 Å². The van der Waals surface area contributed by atoms with Gasteiger partial charge in [0.2, 0.25) is 5.82 Å². The van der Waals surface area contributed by atoms with Crippen LogP contribution >= 0.6 is 0 Å². The van der Waals surface area contributed by atoms with E-state index in [1.165, 1.54) is 0 Å². The second kappa shape index (κ2) is 5.44. The molecule has 0 spiro atoms. The average molecular weight is 267 g/mol. The van der Waals surface area contributed by atoms with Crippen LogP contribution in [0.3, 0.4) is 0 Å². The van der Waals surface area contributed by atoms with Crippen molar-refractivity contribution >= 4 is 5.69 Å². The van der Waals surface area contributed by atoms with Crippen LogP contribution in [0.25, 0.3) is 11.5 Å². The van der Waals surface area contributed by atoms with Gasteiger partial charge in [0.15, 0.2) is 6.61 Å². The van der Waals surface area contributed by atoms with E-state index in [4.69, 9.17) is 15.0 Å². The molecule has 2 aromatic carbocycles. The molecule has 20 heavy (non-hydrogen) atoms. The summed E-state index contributed by atoms with van der Waals surface area (Å²) in [5.41, 5.74) is 7.19. The third-order valence-electron chi connectivity index (χ3n) is 2.74. The molecule has 0 fully saturated rings. The van der Waals surface area contributed by atoms with Crippen LogP contribution in [0, 0.1) is 0 Å². The fraction of sp³-hybridized carbons (Fsp3) is 0.0667. The lowest BCUT2D eigenvalue weighted by Crippen LogP contribution is -1.97. The first-order valence-electron chi connectivity index (χ1n) is 6.17. The van der Waals surface area contributed by atoms with Crippen molar-refractivity contribution in [3.05, 3.63) is 60.4 Å². The minimum Gasteiger partial charge on any atom is -0.485 e. The minimum absolute atomic E-state index is 0.250. The Morgan fingerprint density at radius 1 is 1.00 bits per heavy atom. The van der Waals surface area contributed by atoms with Gasteiger partial charge in [0.25, 0.3) is 5.89 Å². The predicted octanol–water partition coefficient (Wildman–Crippen LogP) is 2.90. The molecule has 2 N–H and O–H groups in total. The highest BCUT2D eigenvalue weighted by molar-refractivity contribution is 5.51. The summed E-state index contributed by atoms with van der Waals surface area (Å²) in [6, 6.07) is 16.8. The lowest BCUT2D eigenvalue weighted by molar-refractivity contribution is 0.287. The maximum absolute atomic E-state index is 5.61.